The molecular formula is C15H12BrF2NO. The standard InChI is InChI=1S/C15H12BrF2NO/c1-9-3-2-4-12(14(9)16)15(20)19-8-10-7-11(17)5-6-13(10)18/h2-7H,8H2,1H3,(H,19,20). The van der Waals surface area contributed by atoms with Gasteiger partial charge in [-0.2, -0.15) is 0 Å². The zero-order valence-electron chi connectivity index (χ0n) is 10.7. The number of carbonyl (C=O) groups is 1. The maximum Gasteiger partial charge on any atom is 0.252 e. The van der Waals surface area contributed by atoms with E-state index in [0.717, 1.165) is 23.8 Å². The fraction of sp³-hybridized carbons (Fsp3) is 0.133. The lowest BCUT2D eigenvalue weighted by molar-refractivity contribution is 0.0949. The van der Waals surface area contributed by atoms with Gasteiger partial charge in [0, 0.05) is 16.6 Å². The quantitative estimate of drug-likeness (QED) is 0.900. The summed E-state index contributed by atoms with van der Waals surface area (Å²) in [5.41, 5.74) is 1.50. The van der Waals surface area contributed by atoms with E-state index in [1.165, 1.54) is 0 Å². The van der Waals surface area contributed by atoms with E-state index in [1.54, 1.807) is 12.1 Å². The van der Waals surface area contributed by atoms with E-state index in [4.69, 9.17) is 0 Å². The maximum absolute atomic E-state index is 13.4. The van der Waals surface area contributed by atoms with Gasteiger partial charge in [0.1, 0.15) is 11.6 Å². The van der Waals surface area contributed by atoms with E-state index in [9.17, 15) is 13.6 Å². The predicted molar refractivity (Wildman–Crippen MR) is 76.4 cm³/mol. The van der Waals surface area contributed by atoms with Crippen LogP contribution < -0.4 is 5.32 Å². The summed E-state index contributed by atoms with van der Waals surface area (Å²) < 4.78 is 27.2. The molecule has 104 valence electrons. The Morgan fingerprint density at radius 3 is 2.75 bits per heavy atom. The van der Waals surface area contributed by atoms with Gasteiger partial charge in [0.2, 0.25) is 0 Å². The van der Waals surface area contributed by atoms with Crippen LogP contribution in [0.25, 0.3) is 0 Å². The minimum absolute atomic E-state index is 0.0667. The monoisotopic (exact) mass is 339 g/mol. The summed E-state index contributed by atoms with van der Waals surface area (Å²) in [5, 5.41) is 2.58. The van der Waals surface area contributed by atoms with Crippen molar-refractivity contribution in [3.05, 3.63) is 69.2 Å². The number of benzene rings is 2. The highest BCUT2D eigenvalue weighted by Gasteiger charge is 2.12. The highest BCUT2D eigenvalue weighted by Crippen LogP contribution is 2.21. The Labute approximate surface area is 123 Å². The van der Waals surface area contributed by atoms with Crippen molar-refractivity contribution in [2.24, 2.45) is 0 Å². The Hall–Kier alpha value is -1.75. The molecule has 0 fully saturated rings. The third-order valence-corrected chi connectivity index (χ3v) is 3.94. The van der Waals surface area contributed by atoms with Gasteiger partial charge in [0.25, 0.3) is 5.91 Å². The third kappa shape index (κ3) is 3.22. The molecule has 0 aliphatic heterocycles. The Balaban J connectivity index is 2.13. The molecule has 0 atom stereocenters. The van der Waals surface area contributed by atoms with Crippen molar-refractivity contribution in [2.45, 2.75) is 13.5 Å². The summed E-state index contributed by atoms with van der Waals surface area (Å²) in [6.45, 7) is 1.80. The molecule has 2 aromatic rings. The zero-order valence-corrected chi connectivity index (χ0v) is 12.3. The van der Waals surface area contributed by atoms with Crippen LogP contribution in [-0.4, -0.2) is 5.91 Å². The largest absolute Gasteiger partial charge is 0.348 e. The average Bonchev–Trinajstić information content (AvgIpc) is 2.42. The summed E-state index contributed by atoms with van der Waals surface area (Å²) in [6.07, 6.45) is 0. The first-order valence-corrected chi connectivity index (χ1v) is 6.75. The zero-order chi connectivity index (χ0) is 14.7. The third-order valence-electron chi connectivity index (χ3n) is 2.88. The molecule has 0 spiro atoms. The van der Waals surface area contributed by atoms with Crippen LogP contribution in [0.5, 0.6) is 0 Å². The summed E-state index contributed by atoms with van der Waals surface area (Å²) in [4.78, 5) is 12.0. The number of rotatable bonds is 3. The predicted octanol–water partition coefficient (Wildman–Crippen LogP) is 3.97. The Morgan fingerprint density at radius 1 is 1.25 bits per heavy atom. The van der Waals surface area contributed by atoms with Crippen molar-refractivity contribution >= 4 is 21.8 Å². The SMILES string of the molecule is Cc1cccc(C(=O)NCc2cc(F)ccc2F)c1Br. The van der Waals surface area contributed by atoms with Crippen molar-refractivity contribution in [1.82, 2.24) is 5.32 Å². The van der Waals surface area contributed by atoms with Crippen LogP contribution in [0.4, 0.5) is 8.78 Å². The fourth-order valence-electron chi connectivity index (χ4n) is 1.77. The summed E-state index contributed by atoms with van der Waals surface area (Å²) in [5.74, 6) is -1.42. The average molecular weight is 340 g/mol. The molecule has 0 aliphatic carbocycles. The number of amides is 1. The van der Waals surface area contributed by atoms with E-state index in [0.29, 0.717) is 10.0 Å². The van der Waals surface area contributed by atoms with Crippen LogP contribution in [0, 0.1) is 18.6 Å². The maximum atomic E-state index is 13.4. The van der Waals surface area contributed by atoms with E-state index in [2.05, 4.69) is 21.2 Å². The van der Waals surface area contributed by atoms with Crippen molar-refractivity contribution in [1.29, 1.82) is 0 Å². The van der Waals surface area contributed by atoms with Gasteiger partial charge >= 0.3 is 0 Å². The molecule has 0 aromatic heterocycles. The van der Waals surface area contributed by atoms with E-state index in [-0.39, 0.29) is 18.0 Å². The van der Waals surface area contributed by atoms with Crippen LogP contribution in [0.2, 0.25) is 0 Å². The van der Waals surface area contributed by atoms with Gasteiger partial charge in [-0.05, 0) is 52.7 Å². The van der Waals surface area contributed by atoms with Gasteiger partial charge < -0.3 is 5.32 Å². The molecule has 5 heteroatoms. The van der Waals surface area contributed by atoms with Crippen LogP contribution in [0.3, 0.4) is 0 Å². The molecule has 1 amide bonds. The first-order valence-electron chi connectivity index (χ1n) is 5.96. The van der Waals surface area contributed by atoms with Crippen molar-refractivity contribution in [3.8, 4) is 0 Å². The van der Waals surface area contributed by atoms with E-state index in [1.807, 2.05) is 13.0 Å². The van der Waals surface area contributed by atoms with Crippen LogP contribution in [0.1, 0.15) is 21.5 Å². The lowest BCUT2D eigenvalue weighted by Crippen LogP contribution is -2.24. The van der Waals surface area contributed by atoms with Crippen LogP contribution >= 0.6 is 15.9 Å². The van der Waals surface area contributed by atoms with Gasteiger partial charge in [-0.3, -0.25) is 4.79 Å². The van der Waals surface area contributed by atoms with Crippen LogP contribution in [-0.2, 0) is 6.54 Å². The molecule has 0 saturated heterocycles. The molecule has 2 aromatic carbocycles. The van der Waals surface area contributed by atoms with Crippen molar-refractivity contribution < 1.29 is 13.6 Å². The number of nitrogens with one attached hydrogen (secondary N) is 1. The summed E-state index contributed by atoms with van der Waals surface area (Å²) in [6, 6.07) is 8.44. The molecule has 0 saturated carbocycles. The second-order valence-electron chi connectivity index (χ2n) is 4.35. The normalized spacial score (nSPS) is 10.4. The number of carbonyl (C=O) groups excluding carboxylic acids is 1. The first-order chi connectivity index (χ1) is 9.49. The second-order valence-corrected chi connectivity index (χ2v) is 5.15. The van der Waals surface area contributed by atoms with Crippen LogP contribution in [0.15, 0.2) is 40.9 Å². The fourth-order valence-corrected chi connectivity index (χ4v) is 2.22. The lowest BCUT2D eigenvalue weighted by Gasteiger charge is -2.09. The molecule has 0 heterocycles. The van der Waals surface area contributed by atoms with Gasteiger partial charge in [0.15, 0.2) is 0 Å². The highest BCUT2D eigenvalue weighted by molar-refractivity contribution is 9.10. The molecule has 20 heavy (non-hydrogen) atoms. The van der Waals surface area contributed by atoms with Gasteiger partial charge in [-0.1, -0.05) is 12.1 Å². The molecular weight excluding hydrogens is 328 g/mol. The van der Waals surface area contributed by atoms with E-state index >= 15 is 0 Å². The van der Waals surface area contributed by atoms with Gasteiger partial charge in [-0.15, -0.1) is 0 Å². The molecule has 0 radical (unpaired) electrons. The number of aryl methyl sites for hydroxylation is 1. The van der Waals surface area contributed by atoms with Crippen molar-refractivity contribution in [2.75, 3.05) is 0 Å². The summed E-state index contributed by atoms with van der Waals surface area (Å²) >= 11 is 3.34. The topological polar surface area (TPSA) is 29.1 Å². The van der Waals surface area contributed by atoms with Crippen molar-refractivity contribution in [3.63, 3.8) is 0 Å². The minimum Gasteiger partial charge on any atom is -0.348 e. The summed E-state index contributed by atoms with van der Waals surface area (Å²) in [7, 11) is 0. The molecule has 2 rings (SSSR count). The lowest BCUT2D eigenvalue weighted by atomic mass is 10.1. The smallest absolute Gasteiger partial charge is 0.252 e. The number of hydrogen-bond donors (Lipinski definition) is 1. The molecule has 1 N–H and O–H groups in total. The van der Waals surface area contributed by atoms with Gasteiger partial charge in [0.05, 0.1) is 5.56 Å². The molecule has 0 aliphatic rings. The van der Waals surface area contributed by atoms with Gasteiger partial charge in [-0.25, -0.2) is 8.78 Å². The number of hydrogen-bond acceptors (Lipinski definition) is 1. The molecule has 2 nitrogen and oxygen atoms in total. The Bertz CT molecular complexity index is 658. The first kappa shape index (κ1) is 14.7. The Kier molecular flexibility index (Phi) is 4.49. The second kappa shape index (κ2) is 6.13. The molecule has 0 bridgehead atoms. The number of halogens is 3. The minimum atomic E-state index is -0.546. The Morgan fingerprint density at radius 2 is 2.00 bits per heavy atom. The molecule has 0 unspecified atom stereocenters. The van der Waals surface area contributed by atoms with E-state index < -0.39 is 11.6 Å². The highest BCUT2D eigenvalue weighted by atomic mass is 79.9.